The average molecular weight is 288 g/mol. The van der Waals surface area contributed by atoms with E-state index in [0.717, 1.165) is 22.4 Å². The number of hydrogen-bond donors (Lipinski definition) is 1. The fourth-order valence-corrected chi connectivity index (χ4v) is 2.51. The molecular formula is C15H16N2O2S. The van der Waals surface area contributed by atoms with Crippen LogP contribution in [0.3, 0.4) is 0 Å². The minimum Gasteiger partial charge on any atom is -0.618 e. The number of pyridine rings is 1. The van der Waals surface area contributed by atoms with Gasteiger partial charge in [0.25, 0.3) is 5.03 Å². The van der Waals surface area contributed by atoms with Crippen LogP contribution in [0.15, 0.2) is 53.7 Å². The van der Waals surface area contributed by atoms with E-state index in [1.54, 1.807) is 18.2 Å². The van der Waals surface area contributed by atoms with Gasteiger partial charge in [-0.3, -0.25) is 4.79 Å². The van der Waals surface area contributed by atoms with Crippen LogP contribution in [0.1, 0.15) is 12.5 Å². The number of aromatic nitrogens is 1. The molecule has 0 aliphatic rings. The first-order chi connectivity index (χ1) is 9.70. The number of nitrogens with zero attached hydrogens (tertiary/aromatic N) is 1. The summed E-state index contributed by atoms with van der Waals surface area (Å²) in [5.41, 5.74) is 1.94. The Balaban J connectivity index is 1.95. The fraction of sp³-hybridized carbons (Fsp3) is 0.200. The van der Waals surface area contributed by atoms with E-state index < -0.39 is 0 Å². The van der Waals surface area contributed by atoms with Gasteiger partial charge in [0, 0.05) is 17.8 Å². The molecule has 104 valence electrons. The molecule has 20 heavy (non-hydrogen) atoms. The smallest absolute Gasteiger partial charge is 0.251 e. The zero-order valence-corrected chi connectivity index (χ0v) is 12.0. The second kappa shape index (κ2) is 6.96. The van der Waals surface area contributed by atoms with Crippen molar-refractivity contribution in [2.75, 3.05) is 11.1 Å². The predicted octanol–water partition coefficient (Wildman–Crippen LogP) is 2.61. The van der Waals surface area contributed by atoms with Crippen molar-refractivity contribution in [3.05, 3.63) is 59.4 Å². The molecule has 0 aliphatic heterocycles. The van der Waals surface area contributed by atoms with Gasteiger partial charge in [0.2, 0.25) is 5.91 Å². The highest BCUT2D eigenvalue weighted by molar-refractivity contribution is 7.99. The first kappa shape index (κ1) is 14.4. The Morgan fingerprint density at radius 2 is 2.00 bits per heavy atom. The molecule has 0 fully saturated rings. The lowest BCUT2D eigenvalue weighted by molar-refractivity contribution is -0.645. The zero-order valence-electron chi connectivity index (χ0n) is 11.2. The first-order valence-corrected chi connectivity index (χ1v) is 7.38. The number of anilines is 1. The van der Waals surface area contributed by atoms with Crippen LogP contribution in [0.2, 0.25) is 0 Å². The van der Waals surface area contributed by atoms with E-state index in [4.69, 9.17) is 0 Å². The Morgan fingerprint density at radius 1 is 1.25 bits per heavy atom. The van der Waals surface area contributed by atoms with Crippen LogP contribution in [0.5, 0.6) is 0 Å². The quantitative estimate of drug-likeness (QED) is 0.523. The molecule has 0 bridgehead atoms. The van der Waals surface area contributed by atoms with Crippen molar-refractivity contribution in [1.29, 1.82) is 0 Å². The van der Waals surface area contributed by atoms with Gasteiger partial charge in [-0.1, -0.05) is 25.1 Å². The predicted molar refractivity (Wildman–Crippen MR) is 80.6 cm³/mol. The number of thioether (sulfide) groups is 1. The first-order valence-electron chi connectivity index (χ1n) is 6.39. The number of benzene rings is 1. The lowest BCUT2D eigenvalue weighted by Gasteiger charge is -2.09. The lowest BCUT2D eigenvalue weighted by Crippen LogP contribution is -2.28. The summed E-state index contributed by atoms with van der Waals surface area (Å²) < 4.78 is 0.762. The van der Waals surface area contributed by atoms with Crippen LogP contribution in [0.25, 0.3) is 0 Å². The highest BCUT2D eigenvalue weighted by Crippen LogP contribution is 2.17. The van der Waals surface area contributed by atoms with E-state index in [1.807, 2.05) is 31.2 Å². The third-order valence-corrected chi connectivity index (χ3v) is 3.83. The van der Waals surface area contributed by atoms with Crippen LogP contribution in [0, 0.1) is 5.21 Å². The molecular weight excluding hydrogens is 272 g/mol. The summed E-state index contributed by atoms with van der Waals surface area (Å²) >= 11 is 1.23. The molecule has 0 saturated heterocycles. The van der Waals surface area contributed by atoms with E-state index in [-0.39, 0.29) is 11.7 Å². The number of aryl methyl sites for hydroxylation is 1. The fourth-order valence-electron chi connectivity index (χ4n) is 1.80. The maximum atomic E-state index is 11.9. The SMILES string of the molecule is CCc1ccccc1NC(=O)CSc1cccc[n+]1[O-]. The monoisotopic (exact) mass is 288 g/mol. The van der Waals surface area contributed by atoms with E-state index in [9.17, 15) is 10.0 Å². The third-order valence-electron chi connectivity index (χ3n) is 2.81. The minimum atomic E-state index is -0.111. The lowest BCUT2D eigenvalue weighted by atomic mass is 10.1. The van der Waals surface area contributed by atoms with Gasteiger partial charge in [0.15, 0.2) is 6.20 Å². The summed E-state index contributed by atoms with van der Waals surface area (Å²) in [5.74, 6) is 0.101. The molecule has 5 heteroatoms. The summed E-state index contributed by atoms with van der Waals surface area (Å²) in [6, 6.07) is 12.9. The van der Waals surface area contributed by atoms with Gasteiger partial charge >= 0.3 is 0 Å². The number of hydrogen-bond acceptors (Lipinski definition) is 3. The number of para-hydroxylation sites is 1. The number of carbonyl (C=O) groups excluding carboxylic acids is 1. The molecule has 4 nitrogen and oxygen atoms in total. The second-order valence-electron chi connectivity index (χ2n) is 4.21. The summed E-state index contributed by atoms with van der Waals surface area (Å²) in [7, 11) is 0. The van der Waals surface area contributed by atoms with Crippen molar-refractivity contribution in [3.8, 4) is 0 Å². The van der Waals surface area contributed by atoms with Crippen LogP contribution < -0.4 is 10.0 Å². The maximum absolute atomic E-state index is 11.9. The second-order valence-corrected chi connectivity index (χ2v) is 5.21. The van der Waals surface area contributed by atoms with Crippen molar-refractivity contribution in [2.45, 2.75) is 18.4 Å². The Bertz CT molecular complexity index is 602. The maximum Gasteiger partial charge on any atom is 0.251 e. The molecule has 2 rings (SSSR count). The molecule has 0 radical (unpaired) electrons. The van der Waals surface area contributed by atoms with Gasteiger partial charge in [-0.25, -0.2) is 0 Å². The number of nitrogens with one attached hydrogen (secondary N) is 1. The molecule has 0 saturated carbocycles. The van der Waals surface area contributed by atoms with E-state index in [2.05, 4.69) is 5.32 Å². The molecule has 0 atom stereocenters. The Kier molecular flexibility index (Phi) is 5.01. The van der Waals surface area contributed by atoms with Gasteiger partial charge in [0.1, 0.15) is 0 Å². The normalized spacial score (nSPS) is 10.2. The van der Waals surface area contributed by atoms with Gasteiger partial charge in [0.05, 0.1) is 5.75 Å². The summed E-state index contributed by atoms with van der Waals surface area (Å²) in [6.07, 6.45) is 2.29. The topological polar surface area (TPSA) is 56.0 Å². The van der Waals surface area contributed by atoms with Crippen molar-refractivity contribution >= 4 is 23.4 Å². The van der Waals surface area contributed by atoms with Crippen LogP contribution in [0.4, 0.5) is 5.69 Å². The molecule has 1 amide bonds. The van der Waals surface area contributed by atoms with Crippen molar-refractivity contribution < 1.29 is 9.52 Å². The molecule has 0 aliphatic carbocycles. The largest absolute Gasteiger partial charge is 0.618 e. The Hall–Kier alpha value is -2.01. The van der Waals surface area contributed by atoms with Gasteiger partial charge in [-0.2, -0.15) is 4.73 Å². The Morgan fingerprint density at radius 3 is 2.75 bits per heavy atom. The van der Waals surface area contributed by atoms with Crippen molar-refractivity contribution in [3.63, 3.8) is 0 Å². The average Bonchev–Trinajstić information content (AvgIpc) is 2.47. The van der Waals surface area contributed by atoms with Crippen molar-refractivity contribution in [1.82, 2.24) is 0 Å². The molecule has 1 heterocycles. The molecule has 0 unspecified atom stereocenters. The summed E-state index contributed by atoms with van der Waals surface area (Å²) in [6.45, 7) is 2.05. The molecule has 1 N–H and O–H groups in total. The van der Waals surface area contributed by atoms with E-state index in [0.29, 0.717) is 5.03 Å². The highest BCUT2D eigenvalue weighted by atomic mass is 32.2. The summed E-state index contributed by atoms with van der Waals surface area (Å²) in [5, 5.41) is 14.9. The van der Waals surface area contributed by atoms with Gasteiger partial charge < -0.3 is 10.5 Å². The van der Waals surface area contributed by atoms with Crippen LogP contribution >= 0.6 is 11.8 Å². The van der Waals surface area contributed by atoms with E-state index >= 15 is 0 Å². The molecule has 0 spiro atoms. The van der Waals surface area contributed by atoms with E-state index in [1.165, 1.54) is 18.0 Å². The number of rotatable bonds is 5. The standard InChI is InChI=1S/C15H16N2O2S/c1-2-12-7-3-4-8-13(12)16-14(18)11-20-15-9-5-6-10-17(15)19/h3-10H,2,11H2,1H3,(H,16,18). The third kappa shape index (κ3) is 3.74. The highest BCUT2D eigenvalue weighted by Gasteiger charge is 2.10. The van der Waals surface area contributed by atoms with Crippen LogP contribution in [-0.2, 0) is 11.2 Å². The minimum absolute atomic E-state index is 0.111. The molecule has 1 aromatic heterocycles. The number of carbonyl (C=O) groups is 1. The zero-order chi connectivity index (χ0) is 14.4. The molecule has 1 aromatic carbocycles. The van der Waals surface area contributed by atoms with Crippen LogP contribution in [-0.4, -0.2) is 11.7 Å². The summed E-state index contributed by atoms with van der Waals surface area (Å²) in [4.78, 5) is 11.9. The van der Waals surface area contributed by atoms with Gasteiger partial charge in [-0.05, 0) is 35.9 Å². The van der Waals surface area contributed by atoms with Gasteiger partial charge in [-0.15, -0.1) is 0 Å². The Labute approximate surface area is 122 Å². The number of amides is 1. The molecule has 2 aromatic rings. The van der Waals surface area contributed by atoms with Crippen molar-refractivity contribution in [2.24, 2.45) is 0 Å².